The number of rotatable bonds is 0. The van der Waals surface area contributed by atoms with E-state index in [1.54, 1.807) is 10.7 Å². The number of aryl methyl sites for hydroxylation is 1. The molecule has 0 saturated heterocycles. The van der Waals surface area contributed by atoms with Gasteiger partial charge in [-0.05, 0) is 18.6 Å². The van der Waals surface area contributed by atoms with E-state index >= 15 is 0 Å². The second-order valence-corrected chi connectivity index (χ2v) is 2.48. The Labute approximate surface area is 63.7 Å². The molecule has 0 radical (unpaired) electrons. The lowest BCUT2D eigenvalue weighted by Gasteiger charge is -1.97. The van der Waals surface area contributed by atoms with Crippen molar-refractivity contribution in [3.63, 3.8) is 0 Å². The number of hydrogen-bond donors (Lipinski definition) is 1. The van der Waals surface area contributed by atoms with Crippen molar-refractivity contribution in [1.82, 2.24) is 14.6 Å². The third-order valence-electron chi connectivity index (χ3n) is 1.58. The Kier molecular flexibility index (Phi) is 1.09. The van der Waals surface area contributed by atoms with E-state index in [1.165, 1.54) is 6.33 Å². The molecule has 0 atom stereocenters. The third-order valence-corrected chi connectivity index (χ3v) is 1.58. The van der Waals surface area contributed by atoms with Gasteiger partial charge < -0.3 is 5.73 Å². The molecule has 0 amide bonds. The summed E-state index contributed by atoms with van der Waals surface area (Å²) >= 11 is 0. The van der Waals surface area contributed by atoms with Gasteiger partial charge in [0.15, 0.2) is 5.65 Å². The standard InChI is InChI=1S/C7H8N4/c1-5-2-6(8)3-11-7(5)9-4-10-11/h2-4H,8H2,1H3. The molecule has 0 aliphatic carbocycles. The molecule has 2 aromatic rings. The van der Waals surface area contributed by atoms with Crippen molar-refractivity contribution in [2.75, 3.05) is 5.73 Å². The minimum atomic E-state index is 0.709. The molecule has 56 valence electrons. The summed E-state index contributed by atoms with van der Waals surface area (Å²) in [5.41, 5.74) is 8.21. The lowest BCUT2D eigenvalue weighted by atomic mass is 10.3. The monoisotopic (exact) mass is 148 g/mol. The number of nitrogens with two attached hydrogens (primary N) is 1. The molecule has 2 rings (SSSR count). The summed E-state index contributed by atoms with van der Waals surface area (Å²) in [5, 5.41) is 3.97. The van der Waals surface area contributed by atoms with E-state index in [4.69, 9.17) is 5.73 Å². The maximum absolute atomic E-state index is 5.60. The van der Waals surface area contributed by atoms with Crippen molar-refractivity contribution < 1.29 is 0 Å². The molecule has 0 spiro atoms. The summed E-state index contributed by atoms with van der Waals surface area (Å²) in [7, 11) is 0. The highest BCUT2D eigenvalue weighted by Crippen LogP contribution is 2.09. The SMILES string of the molecule is Cc1cc(N)cn2ncnc12. The number of pyridine rings is 1. The van der Waals surface area contributed by atoms with Gasteiger partial charge in [-0.3, -0.25) is 0 Å². The maximum atomic E-state index is 5.60. The quantitative estimate of drug-likeness (QED) is 0.595. The van der Waals surface area contributed by atoms with Crippen LogP contribution in [0.25, 0.3) is 5.65 Å². The predicted octanol–water partition coefficient (Wildman–Crippen LogP) is 0.620. The number of fused-ring (bicyclic) bond motifs is 1. The Balaban J connectivity index is 2.91. The Bertz CT molecular complexity index is 390. The van der Waals surface area contributed by atoms with Gasteiger partial charge in [0.2, 0.25) is 0 Å². The Hall–Kier alpha value is -1.58. The van der Waals surface area contributed by atoms with Crippen molar-refractivity contribution in [1.29, 1.82) is 0 Å². The van der Waals surface area contributed by atoms with Crippen molar-refractivity contribution >= 4 is 11.3 Å². The Morgan fingerprint density at radius 2 is 2.36 bits per heavy atom. The van der Waals surface area contributed by atoms with Crippen molar-refractivity contribution in [2.24, 2.45) is 0 Å². The highest BCUT2D eigenvalue weighted by atomic mass is 15.3. The van der Waals surface area contributed by atoms with Crippen LogP contribution in [0.4, 0.5) is 5.69 Å². The highest BCUT2D eigenvalue weighted by Gasteiger charge is 1.98. The van der Waals surface area contributed by atoms with E-state index in [9.17, 15) is 0 Å². The summed E-state index contributed by atoms with van der Waals surface area (Å²) in [6.45, 7) is 1.96. The normalized spacial score (nSPS) is 10.6. The van der Waals surface area contributed by atoms with E-state index in [0.717, 1.165) is 11.2 Å². The smallest absolute Gasteiger partial charge is 0.158 e. The zero-order valence-electron chi connectivity index (χ0n) is 6.15. The van der Waals surface area contributed by atoms with E-state index < -0.39 is 0 Å². The van der Waals surface area contributed by atoms with Gasteiger partial charge in [-0.25, -0.2) is 9.50 Å². The number of nitrogen functional groups attached to an aromatic ring is 1. The van der Waals surface area contributed by atoms with Gasteiger partial charge >= 0.3 is 0 Å². The molecule has 0 fully saturated rings. The summed E-state index contributed by atoms with van der Waals surface area (Å²) < 4.78 is 1.67. The van der Waals surface area contributed by atoms with Gasteiger partial charge in [-0.15, -0.1) is 0 Å². The zero-order chi connectivity index (χ0) is 7.84. The first-order valence-corrected chi connectivity index (χ1v) is 3.33. The molecule has 0 aromatic carbocycles. The molecule has 11 heavy (non-hydrogen) atoms. The van der Waals surface area contributed by atoms with Crippen LogP contribution in [0.3, 0.4) is 0 Å². The highest BCUT2D eigenvalue weighted by molar-refractivity contribution is 5.52. The largest absolute Gasteiger partial charge is 0.397 e. The van der Waals surface area contributed by atoms with Crippen LogP contribution < -0.4 is 5.73 Å². The summed E-state index contributed by atoms with van der Waals surface area (Å²) in [4.78, 5) is 4.06. The van der Waals surface area contributed by atoms with Gasteiger partial charge in [0.1, 0.15) is 6.33 Å². The molecule has 0 unspecified atom stereocenters. The molecule has 2 N–H and O–H groups in total. The third kappa shape index (κ3) is 0.832. The van der Waals surface area contributed by atoms with Crippen LogP contribution in [0.2, 0.25) is 0 Å². The van der Waals surface area contributed by atoms with E-state index in [2.05, 4.69) is 10.1 Å². The molecular weight excluding hydrogens is 140 g/mol. The fourth-order valence-electron chi connectivity index (χ4n) is 1.12. The molecular formula is C7H8N4. The van der Waals surface area contributed by atoms with Crippen LogP contribution in [0.15, 0.2) is 18.6 Å². The second kappa shape index (κ2) is 1.95. The van der Waals surface area contributed by atoms with E-state index in [1.807, 2.05) is 13.0 Å². The molecule has 4 nitrogen and oxygen atoms in total. The van der Waals surface area contributed by atoms with Crippen LogP contribution in [0.5, 0.6) is 0 Å². The Morgan fingerprint density at radius 1 is 1.55 bits per heavy atom. The summed E-state index contributed by atoms with van der Waals surface area (Å²) in [6.07, 6.45) is 3.26. The molecule has 2 aromatic heterocycles. The van der Waals surface area contributed by atoms with Crippen LogP contribution in [0.1, 0.15) is 5.56 Å². The van der Waals surface area contributed by atoms with Crippen LogP contribution in [-0.4, -0.2) is 14.6 Å². The minimum absolute atomic E-state index is 0.709. The first-order chi connectivity index (χ1) is 5.27. The maximum Gasteiger partial charge on any atom is 0.158 e. The van der Waals surface area contributed by atoms with Crippen molar-refractivity contribution in [3.05, 3.63) is 24.2 Å². The Morgan fingerprint density at radius 3 is 3.18 bits per heavy atom. The summed E-state index contributed by atoms with van der Waals surface area (Å²) in [6, 6.07) is 1.88. The lowest BCUT2D eigenvalue weighted by molar-refractivity contribution is 0.958. The fraction of sp³-hybridized carbons (Fsp3) is 0.143. The fourth-order valence-corrected chi connectivity index (χ4v) is 1.12. The molecule has 0 aliphatic rings. The molecule has 2 heterocycles. The van der Waals surface area contributed by atoms with Crippen LogP contribution >= 0.6 is 0 Å². The first kappa shape index (κ1) is 6.15. The lowest BCUT2D eigenvalue weighted by Crippen LogP contribution is -1.94. The molecule has 4 heteroatoms. The van der Waals surface area contributed by atoms with Gasteiger partial charge in [0.25, 0.3) is 0 Å². The topological polar surface area (TPSA) is 56.2 Å². The van der Waals surface area contributed by atoms with Gasteiger partial charge in [-0.1, -0.05) is 0 Å². The van der Waals surface area contributed by atoms with Crippen molar-refractivity contribution in [3.8, 4) is 0 Å². The van der Waals surface area contributed by atoms with Crippen LogP contribution in [0, 0.1) is 6.92 Å². The number of anilines is 1. The molecule has 0 aliphatic heterocycles. The zero-order valence-corrected chi connectivity index (χ0v) is 6.15. The van der Waals surface area contributed by atoms with Crippen molar-refractivity contribution in [2.45, 2.75) is 6.92 Å². The first-order valence-electron chi connectivity index (χ1n) is 3.33. The second-order valence-electron chi connectivity index (χ2n) is 2.48. The van der Waals surface area contributed by atoms with Crippen LogP contribution in [-0.2, 0) is 0 Å². The number of aromatic nitrogens is 3. The summed E-state index contributed by atoms with van der Waals surface area (Å²) in [5.74, 6) is 0. The number of nitrogens with zero attached hydrogens (tertiary/aromatic N) is 3. The predicted molar refractivity (Wildman–Crippen MR) is 42.1 cm³/mol. The van der Waals surface area contributed by atoms with E-state index in [-0.39, 0.29) is 0 Å². The number of hydrogen-bond acceptors (Lipinski definition) is 3. The minimum Gasteiger partial charge on any atom is -0.397 e. The van der Waals surface area contributed by atoms with Gasteiger partial charge in [0, 0.05) is 0 Å². The molecule has 0 saturated carbocycles. The average molecular weight is 148 g/mol. The molecule has 0 bridgehead atoms. The van der Waals surface area contributed by atoms with E-state index in [0.29, 0.717) is 5.69 Å². The average Bonchev–Trinajstić information content (AvgIpc) is 2.34. The van der Waals surface area contributed by atoms with Gasteiger partial charge in [-0.2, -0.15) is 5.10 Å². The van der Waals surface area contributed by atoms with Gasteiger partial charge in [0.05, 0.1) is 11.9 Å².